The number of anilines is 1. The molecule has 128 valence electrons. The summed E-state index contributed by atoms with van der Waals surface area (Å²) in [6.45, 7) is 2.09. The number of amides is 1. The first-order chi connectivity index (χ1) is 11.3. The number of nitrogens with two attached hydrogens (primary N) is 1. The van der Waals surface area contributed by atoms with Gasteiger partial charge >= 0.3 is 6.18 Å². The fourth-order valence-electron chi connectivity index (χ4n) is 2.16. The monoisotopic (exact) mass is 357 g/mol. The van der Waals surface area contributed by atoms with Crippen molar-refractivity contribution in [3.05, 3.63) is 64.7 Å². The molecule has 0 aromatic heterocycles. The van der Waals surface area contributed by atoms with E-state index in [9.17, 15) is 18.0 Å². The maximum Gasteiger partial charge on any atom is 0.416 e. The predicted molar refractivity (Wildman–Crippen MR) is 86.7 cm³/mol. The fourth-order valence-corrected chi connectivity index (χ4v) is 2.36. The molecule has 7 heteroatoms. The lowest BCUT2D eigenvalue weighted by Gasteiger charge is -2.12. The Morgan fingerprint density at radius 1 is 1.21 bits per heavy atom. The molecule has 1 atom stereocenters. The lowest BCUT2D eigenvalue weighted by molar-refractivity contribution is -0.682. The molecule has 1 amide bonds. The Kier molecular flexibility index (Phi) is 5.85. The van der Waals surface area contributed by atoms with E-state index in [1.54, 1.807) is 6.07 Å². The number of carbonyl (C=O) groups is 1. The van der Waals surface area contributed by atoms with Gasteiger partial charge in [0, 0.05) is 16.3 Å². The van der Waals surface area contributed by atoms with Gasteiger partial charge in [-0.2, -0.15) is 13.2 Å². The molecule has 2 rings (SSSR count). The first-order valence-electron chi connectivity index (χ1n) is 7.31. The number of halogens is 4. The summed E-state index contributed by atoms with van der Waals surface area (Å²) in [5.41, 5.74) is 0.572. The summed E-state index contributed by atoms with van der Waals surface area (Å²) in [6, 6.07) is 11.7. The van der Waals surface area contributed by atoms with Gasteiger partial charge in [0.15, 0.2) is 6.54 Å². The van der Waals surface area contributed by atoms with Crippen molar-refractivity contribution in [2.75, 3.05) is 11.9 Å². The summed E-state index contributed by atoms with van der Waals surface area (Å²) >= 11 is 5.93. The van der Waals surface area contributed by atoms with Crippen LogP contribution in [0.1, 0.15) is 24.1 Å². The molecular formula is C17H17ClF3N2O+. The molecule has 0 heterocycles. The van der Waals surface area contributed by atoms with Gasteiger partial charge in [0.1, 0.15) is 6.04 Å². The van der Waals surface area contributed by atoms with Gasteiger partial charge < -0.3 is 10.6 Å². The third-order valence-electron chi connectivity index (χ3n) is 3.53. The van der Waals surface area contributed by atoms with E-state index >= 15 is 0 Å². The molecule has 2 aromatic rings. The van der Waals surface area contributed by atoms with E-state index in [1.807, 2.05) is 30.4 Å². The van der Waals surface area contributed by atoms with E-state index < -0.39 is 11.7 Å². The highest BCUT2D eigenvalue weighted by molar-refractivity contribution is 6.30. The molecule has 0 aliphatic carbocycles. The van der Waals surface area contributed by atoms with Gasteiger partial charge in [-0.15, -0.1) is 0 Å². The number of nitrogens with one attached hydrogen (secondary N) is 1. The van der Waals surface area contributed by atoms with E-state index in [0.717, 1.165) is 17.7 Å². The van der Waals surface area contributed by atoms with E-state index in [2.05, 4.69) is 5.32 Å². The molecule has 3 N–H and O–H groups in total. The standard InChI is InChI=1S/C17H16ClF3N2O/c1-11(12-3-2-4-14(18)9-12)22-10-16(24)23-15-7-5-13(6-8-15)17(19,20)21/h2-9,11,22H,10H2,1H3,(H,23,24)/p+1/t11-/m1/s1. The number of carbonyl (C=O) groups excluding carboxylic acids is 1. The molecule has 0 saturated carbocycles. The number of benzene rings is 2. The second-order valence-corrected chi connectivity index (χ2v) is 5.84. The molecule has 2 aromatic carbocycles. The SMILES string of the molecule is C[C@@H]([NH2+]CC(=O)Nc1ccc(C(F)(F)F)cc1)c1cccc(Cl)c1. The van der Waals surface area contributed by atoms with Crippen LogP contribution in [0.5, 0.6) is 0 Å². The van der Waals surface area contributed by atoms with Crippen molar-refractivity contribution in [2.24, 2.45) is 0 Å². The van der Waals surface area contributed by atoms with Crippen LogP contribution in [-0.2, 0) is 11.0 Å². The Labute approximate surface area is 142 Å². The Bertz CT molecular complexity index is 702. The van der Waals surface area contributed by atoms with Crippen LogP contribution in [0.15, 0.2) is 48.5 Å². The largest absolute Gasteiger partial charge is 0.416 e. The summed E-state index contributed by atoms with van der Waals surface area (Å²) in [7, 11) is 0. The smallest absolute Gasteiger partial charge is 0.333 e. The molecule has 3 nitrogen and oxygen atoms in total. The Morgan fingerprint density at radius 2 is 1.88 bits per heavy atom. The molecule has 0 saturated heterocycles. The van der Waals surface area contributed by atoms with Crippen LogP contribution in [0, 0.1) is 0 Å². The van der Waals surface area contributed by atoms with Crippen LogP contribution < -0.4 is 10.6 Å². The molecule has 0 spiro atoms. The van der Waals surface area contributed by atoms with Gasteiger partial charge in [-0.3, -0.25) is 4.79 Å². The third kappa shape index (κ3) is 5.25. The minimum absolute atomic E-state index is 0.0297. The van der Waals surface area contributed by atoms with E-state index in [4.69, 9.17) is 11.6 Å². The van der Waals surface area contributed by atoms with Crippen molar-refractivity contribution in [1.82, 2.24) is 0 Å². The molecule has 0 aliphatic heterocycles. The van der Waals surface area contributed by atoms with Crippen molar-refractivity contribution in [3.63, 3.8) is 0 Å². The van der Waals surface area contributed by atoms with Gasteiger partial charge in [-0.05, 0) is 43.3 Å². The van der Waals surface area contributed by atoms with Crippen LogP contribution >= 0.6 is 11.6 Å². The highest BCUT2D eigenvalue weighted by atomic mass is 35.5. The Balaban J connectivity index is 1.87. The highest BCUT2D eigenvalue weighted by Crippen LogP contribution is 2.29. The van der Waals surface area contributed by atoms with Crippen molar-refractivity contribution < 1.29 is 23.3 Å². The van der Waals surface area contributed by atoms with Gasteiger partial charge in [0.05, 0.1) is 5.56 Å². The average molecular weight is 358 g/mol. The maximum atomic E-state index is 12.5. The number of quaternary nitrogens is 1. The maximum absolute atomic E-state index is 12.5. The van der Waals surface area contributed by atoms with Gasteiger partial charge in [-0.25, -0.2) is 0 Å². The summed E-state index contributed by atoms with van der Waals surface area (Å²) in [6.07, 6.45) is -4.39. The topological polar surface area (TPSA) is 45.7 Å². The number of hydrogen-bond donors (Lipinski definition) is 2. The highest BCUT2D eigenvalue weighted by Gasteiger charge is 2.30. The molecular weight excluding hydrogens is 341 g/mol. The zero-order chi connectivity index (χ0) is 17.7. The molecule has 0 radical (unpaired) electrons. The minimum Gasteiger partial charge on any atom is -0.333 e. The molecule has 0 unspecified atom stereocenters. The number of hydrogen-bond acceptors (Lipinski definition) is 1. The van der Waals surface area contributed by atoms with Gasteiger partial charge in [-0.1, -0.05) is 23.7 Å². The van der Waals surface area contributed by atoms with Crippen LogP contribution in [0.3, 0.4) is 0 Å². The zero-order valence-electron chi connectivity index (χ0n) is 12.9. The van der Waals surface area contributed by atoms with Crippen molar-refractivity contribution in [2.45, 2.75) is 19.1 Å². The first kappa shape index (κ1) is 18.3. The van der Waals surface area contributed by atoms with Gasteiger partial charge in [0.25, 0.3) is 5.91 Å². The van der Waals surface area contributed by atoms with E-state index in [0.29, 0.717) is 10.7 Å². The summed E-state index contributed by atoms with van der Waals surface area (Å²) in [5.74, 6) is -0.288. The summed E-state index contributed by atoms with van der Waals surface area (Å²) < 4.78 is 37.4. The molecule has 0 fully saturated rings. The summed E-state index contributed by atoms with van der Waals surface area (Å²) in [5, 5.41) is 5.03. The van der Waals surface area contributed by atoms with Crippen LogP contribution in [0.25, 0.3) is 0 Å². The van der Waals surface area contributed by atoms with Crippen LogP contribution in [0.4, 0.5) is 18.9 Å². The van der Waals surface area contributed by atoms with E-state index in [1.165, 1.54) is 12.1 Å². The normalized spacial score (nSPS) is 12.7. The van der Waals surface area contributed by atoms with E-state index in [-0.39, 0.29) is 18.5 Å². The number of rotatable bonds is 5. The Hall–Kier alpha value is -2.05. The summed E-state index contributed by atoms with van der Waals surface area (Å²) in [4.78, 5) is 11.9. The minimum atomic E-state index is -4.39. The second kappa shape index (κ2) is 7.68. The molecule has 0 bridgehead atoms. The lowest BCUT2D eigenvalue weighted by Crippen LogP contribution is -2.86. The van der Waals surface area contributed by atoms with Crippen LogP contribution in [0.2, 0.25) is 5.02 Å². The molecule has 24 heavy (non-hydrogen) atoms. The number of alkyl halides is 3. The van der Waals surface area contributed by atoms with Gasteiger partial charge in [0.2, 0.25) is 0 Å². The zero-order valence-corrected chi connectivity index (χ0v) is 13.7. The fraction of sp³-hybridized carbons (Fsp3) is 0.235. The van der Waals surface area contributed by atoms with Crippen LogP contribution in [-0.4, -0.2) is 12.5 Å². The lowest BCUT2D eigenvalue weighted by atomic mass is 10.1. The van der Waals surface area contributed by atoms with Crippen molar-refractivity contribution >= 4 is 23.2 Å². The average Bonchev–Trinajstić information content (AvgIpc) is 2.52. The third-order valence-corrected chi connectivity index (χ3v) is 3.76. The quantitative estimate of drug-likeness (QED) is 0.843. The van der Waals surface area contributed by atoms with Crippen molar-refractivity contribution in [3.8, 4) is 0 Å². The molecule has 0 aliphatic rings. The second-order valence-electron chi connectivity index (χ2n) is 5.41. The van der Waals surface area contributed by atoms with Crippen molar-refractivity contribution in [1.29, 1.82) is 0 Å². The first-order valence-corrected chi connectivity index (χ1v) is 7.69. The Morgan fingerprint density at radius 3 is 2.46 bits per heavy atom. The predicted octanol–water partition coefficient (Wildman–Crippen LogP) is 3.62.